The van der Waals surface area contributed by atoms with E-state index in [-0.39, 0.29) is 43.3 Å². The quantitative estimate of drug-likeness (QED) is 0.341. The second-order valence-corrected chi connectivity index (χ2v) is 10.8. The zero-order chi connectivity index (χ0) is 27.3. The molecule has 1 unspecified atom stereocenters. The van der Waals surface area contributed by atoms with Crippen molar-refractivity contribution in [2.24, 2.45) is 0 Å². The van der Waals surface area contributed by atoms with Crippen molar-refractivity contribution in [3.05, 3.63) is 81.6 Å². The molecule has 0 fully saturated rings. The first-order valence-corrected chi connectivity index (χ1v) is 13.0. The number of nitriles is 1. The van der Waals surface area contributed by atoms with Gasteiger partial charge >= 0.3 is 0 Å². The second kappa shape index (κ2) is 11.8. The van der Waals surface area contributed by atoms with E-state index >= 15 is 4.39 Å². The minimum absolute atomic E-state index is 0.0310. The van der Waals surface area contributed by atoms with Crippen LogP contribution < -0.4 is 14.8 Å². The number of amides is 2. The topological polar surface area (TPSA) is 125 Å². The van der Waals surface area contributed by atoms with Crippen molar-refractivity contribution >= 4 is 62.3 Å². The maximum atomic E-state index is 15.1. The summed E-state index contributed by atoms with van der Waals surface area (Å²) in [6, 6.07) is 13.7. The third kappa shape index (κ3) is 7.33. The van der Waals surface area contributed by atoms with E-state index in [4.69, 9.17) is 44.8 Å². The van der Waals surface area contributed by atoms with E-state index in [9.17, 15) is 18.0 Å². The molecule has 0 aromatic heterocycles. The molecule has 0 radical (unpaired) electrons. The van der Waals surface area contributed by atoms with Crippen molar-refractivity contribution in [1.29, 1.82) is 5.26 Å². The van der Waals surface area contributed by atoms with Gasteiger partial charge in [-0.15, -0.1) is 11.6 Å². The molecule has 0 aliphatic rings. The van der Waals surface area contributed by atoms with Gasteiger partial charge in [-0.05, 0) is 55.5 Å². The molecule has 0 aliphatic heterocycles. The van der Waals surface area contributed by atoms with E-state index in [2.05, 4.69) is 5.32 Å². The molecule has 0 saturated carbocycles. The second-order valence-electron chi connectivity index (χ2n) is 7.57. The van der Waals surface area contributed by atoms with E-state index in [1.54, 1.807) is 0 Å². The number of carbonyl (C=O) groups is 2. The Bertz CT molecular complexity index is 1510. The highest BCUT2D eigenvalue weighted by molar-refractivity contribution is 7.90. The van der Waals surface area contributed by atoms with Gasteiger partial charge in [0.25, 0.3) is 15.9 Å². The maximum absolute atomic E-state index is 15.1. The summed E-state index contributed by atoms with van der Waals surface area (Å²) in [5.74, 6) is -2.64. The zero-order valence-electron chi connectivity index (χ0n) is 18.9. The molecule has 2 N–H and O–H groups in total. The molecule has 13 heteroatoms. The van der Waals surface area contributed by atoms with E-state index < -0.39 is 39.5 Å². The Morgan fingerprint density at radius 1 is 1.11 bits per heavy atom. The monoisotopic (exact) mass is 583 g/mol. The molecule has 2 amide bonds. The SMILES string of the molecule is CC(Cl)C(=O)NS(=O)(=O)c1ccc(NC(=O)Cc2ccc(Cl)c(Oc3cc(Cl)cc(C#N)c3)c2F)cc1. The first kappa shape index (κ1) is 28.2. The standard InChI is InChI=1S/C24H17Cl3FN3O5S/c1-13(25)24(33)31-37(34,35)19-5-3-17(4-6-19)30-21(32)10-15-2-7-20(27)23(22(15)28)36-18-9-14(12-29)8-16(26)11-18/h2-9,11,13H,10H2,1H3,(H,30,32)(H,31,33). The minimum Gasteiger partial charge on any atom is -0.453 e. The van der Waals surface area contributed by atoms with Crippen LogP contribution in [0.2, 0.25) is 10.0 Å². The third-order valence-corrected chi connectivity index (χ3v) is 6.82. The van der Waals surface area contributed by atoms with Gasteiger partial charge in [0, 0.05) is 16.3 Å². The Hall–Kier alpha value is -3.36. The molecule has 0 aliphatic carbocycles. The fourth-order valence-electron chi connectivity index (χ4n) is 2.98. The summed E-state index contributed by atoms with van der Waals surface area (Å²) in [4.78, 5) is 23.9. The molecule has 3 aromatic carbocycles. The number of carbonyl (C=O) groups excluding carboxylic acids is 2. The summed E-state index contributed by atoms with van der Waals surface area (Å²) < 4.78 is 47.0. The number of anilines is 1. The Labute approximate surface area is 227 Å². The van der Waals surface area contributed by atoms with Crippen LogP contribution in [-0.4, -0.2) is 25.6 Å². The highest BCUT2D eigenvalue weighted by Crippen LogP contribution is 2.35. The minimum atomic E-state index is -4.14. The highest BCUT2D eigenvalue weighted by Gasteiger charge is 2.21. The summed E-state index contributed by atoms with van der Waals surface area (Å²) in [7, 11) is -4.14. The Morgan fingerprint density at radius 2 is 1.78 bits per heavy atom. The number of hydrogen-bond donors (Lipinski definition) is 2. The predicted octanol–water partition coefficient (Wildman–Crippen LogP) is 5.41. The number of nitrogens with zero attached hydrogens (tertiary/aromatic N) is 1. The van der Waals surface area contributed by atoms with Gasteiger partial charge in [-0.1, -0.05) is 29.3 Å². The molecule has 0 heterocycles. The van der Waals surface area contributed by atoms with Crippen molar-refractivity contribution in [3.8, 4) is 17.6 Å². The number of ether oxygens (including phenoxy) is 1. The number of nitrogens with one attached hydrogen (secondary N) is 2. The lowest BCUT2D eigenvalue weighted by atomic mass is 10.1. The molecule has 192 valence electrons. The molecular formula is C24H17Cl3FN3O5S. The molecule has 0 saturated heterocycles. The van der Waals surface area contributed by atoms with E-state index in [0.29, 0.717) is 0 Å². The van der Waals surface area contributed by atoms with E-state index in [0.717, 1.165) is 0 Å². The summed E-state index contributed by atoms with van der Waals surface area (Å²) in [6.45, 7) is 1.32. The van der Waals surface area contributed by atoms with Gasteiger partial charge in [0.1, 0.15) is 11.1 Å². The van der Waals surface area contributed by atoms with Crippen molar-refractivity contribution < 1.29 is 27.1 Å². The average Bonchev–Trinajstić information content (AvgIpc) is 2.83. The van der Waals surface area contributed by atoms with Crippen LogP contribution in [0, 0.1) is 17.1 Å². The Balaban J connectivity index is 1.73. The molecule has 0 bridgehead atoms. The fourth-order valence-corrected chi connectivity index (χ4v) is 4.56. The Kier molecular flexibility index (Phi) is 8.99. The van der Waals surface area contributed by atoms with Gasteiger partial charge in [-0.2, -0.15) is 5.26 Å². The third-order valence-electron chi connectivity index (χ3n) is 4.74. The lowest BCUT2D eigenvalue weighted by Gasteiger charge is -2.13. The number of alkyl halides is 1. The largest absolute Gasteiger partial charge is 0.453 e. The van der Waals surface area contributed by atoms with Crippen molar-refractivity contribution in [3.63, 3.8) is 0 Å². The molecule has 3 rings (SSSR count). The lowest BCUT2D eigenvalue weighted by Crippen LogP contribution is -2.35. The number of benzene rings is 3. The van der Waals surface area contributed by atoms with Crippen molar-refractivity contribution in [1.82, 2.24) is 4.72 Å². The van der Waals surface area contributed by atoms with Crippen molar-refractivity contribution in [2.75, 3.05) is 5.32 Å². The number of sulfonamides is 1. The van der Waals surface area contributed by atoms with Gasteiger partial charge in [-0.3, -0.25) is 9.59 Å². The zero-order valence-corrected chi connectivity index (χ0v) is 22.0. The molecule has 3 aromatic rings. The van der Waals surface area contributed by atoms with Crippen LogP contribution in [0.5, 0.6) is 11.5 Å². The van der Waals surface area contributed by atoms with Gasteiger partial charge in [0.2, 0.25) is 5.91 Å². The average molecular weight is 585 g/mol. The van der Waals surface area contributed by atoms with Crippen LogP contribution in [0.25, 0.3) is 0 Å². The highest BCUT2D eigenvalue weighted by atomic mass is 35.5. The van der Waals surface area contributed by atoms with Gasteiger partial charge in [0.15, 0.2) is 11.6 Å². The van der Waals surface area contributed by atoms with Gasteiger partial charge in [0.05, 0.1) is 28.0 Å². The van der Waals surface area contributed by atoms with Crippen molar-refractivity contribution in [2.45, 2.75) is 23.6 Å². The summed E-state index contributed by atoms with van der Waals surface area (Å²) in [5.41, 5.74) is 0.399. The van der Waals surface area contributed by atoms with Gasteiger partial charge in [-0.25, -0.2) is 17.5 Å². The molecule has 0 spiro atoms. The number of hydrogen-bond acceptors (Lipinski definition) is 6. The van der Waals surface area contributed by atoms with Crippen LogP contribution in [0.4, 0.5) is 10.1 Å². The molecule has 1 atom stereocenters. The first-order chi connectivity index (χ1) is 17.4. The normalized spacial score (nSPS) is 11.8. The van der Waals surface area contributed by atoms with Crippen LogP contribution in [0.3, 0.4) is 0 Å². The van der Waals surface area contributed by atoms with Crippen LogP contribution in [0.1, 0.15) is 18.1 Å². The fraction of sp³-hybridized carbons (Fsp3) is 0.125. The molecule has 8 nitrogen and oxygen atoms in total. The number of halogens is 4. The van der Waals surface area contributed by atoms with E-state index in [1.165, 1.54) is 61.5 Å². The van der Waals surface area contributed by atoms with Crippen LogP contribution in [-0.2, 0) is 26.0 Å². The first-order valence-electron chi connectivity index (χ1n) is 10.4. The summed E-state index contributed by atoms with van der Waals surface area (Å²) in [6.07, 6.45) is -0.401. The van der Waals surface area contributed by atoms with Crippen LogP contribution in [0.15, 0.2) is 59.5 Å². The predicted molar refractivity (Wildman–Crippen MR) is 137 cm³/mol. The smallest absolute Gasteiger partial charge is 0.264 e. The summed E-state index contributed by atoms with van der Waals surface area (Å²) >= 11 is 17.6. The van der Waals surface area contributed by atoms with E-state index in [1.807, 2.05) is 10.8 Å². The Morgan fingerprint density at radius 3 is 2.41 bits per heavy atom. The molecular weight excluding hydrogens is 568 g/mol. The number of rotatable bonds is 8. The van der Waals surface area contributed by atoms with Crippen LogP contribution >= 0.6 is 34.8 Å². The van der Waals surface area contributed by atoms with Gasteiger partial charge < -0.3 is 10.1 Å². The maximum Gasteiger partial charge on any atom is 0.264 e. The summed E-state index contributed by atoms with van der Waals surface area (Å²) in [5, 5.41) is 10.7. The molecule has 37 heavy (non-hydrogen) atoms. The lowest BCUT2D eigenvalue weighted by molar-refractivity contribution is -0.118.